The normalized spacial score (nSPS) is 9.94. The highest BCUT2D eigenvalue weighted by molar-refractivity contribution is 6.08. The van der Waals surface area contributed by atoms with E-state index in [4.69, 9.17) is 4.99 Å². The Morgan fingerprint density at radius 1 is 0.750 bits per heavy atom. The van der Waals surface area contributed by atoms with Crippen LogP contribution in [0.2, 0.25) is 0 Å². The van der Waals surface area contributed by atoms with E-state index in [0.29, 0.717) is 6.54 Å². The molecule has 3 nitrogen and oxygen atoms in total. The molecule has 0 radical (unpaired) electrons. The average Bonchev–Trinajstić information content (AvgIpc) is 3.06. The maximum absolute atomic E-state index is 4.76. The molecule has 0 saturated heterocycles. The maximum atomic E-state index is 4.76. The van der Waals surface area contributed by atoms with Gasteiger partial charge in [0.05, 0.1) is 11.4 Å². The van der Waals surface area contributed by atoms with Gasteiger partial charge < -0.3 is 10.6 Å². The minimum Gasteiger partial charge on any atom is -0.381 e. The SMILES string of the molecule is C=C(C)/C=C(C)/N=C(\C=C(/C)C(=C)NCc1ccc(C)c(C)c1)C(=C)NCC(=C)CC.C=C(C)C.C=CC(C=C)=CC.CC.CC.CC. The topological polar surface area (TPSA) is 36.4 Å². The summed E-state index contributed by atoms with van der Waals surface area (Å²) in [6.45, 7) is 58.7. The molecule has 0 aliphatic heterocycles. The first-order chi connectivity index (χ1) is 22.6. The number of aryl methyl sites for hydroxylation is 2. The second-order valence-corrected chi connectivity index (χ2v) is 10.5. The van der Waals surface area contributed by atoms with E-state index in [2.05, 4.69) is 95.7 Å². The van der Waals surface area contributed by atoms with Gasteiger partial charge in [-0.1, -0.05) is 141 Å². The molecule has 0 atom stereocenters. The van der Waals surface area contributed by atoms with Gasteiger partial charge in [0, 0.05) is 24.5 Å². The molecule has 0 unspecified atom stereocenters. The van der Waals surface area contributed by atoms with E-state index in [1.165, 1.54) is 22.3 Å². The van der Waals surface area contributed by atoms with E-state index in [-0.39, 0.29) is 0 Å². The first-order valence-electron chi connectivity index (χ1n) is 17.3. The number of hydrogen-bond acceptors (Lipinski definition) is 3. The van der Waals surface area contributed by atoms with Crippen molar-refractivity contribution in [3.8, 4) is 0 Å². The fourth-order valence-electron chi connectivity index (χ4n) is 3.09. The van der Waals surface area contributed by atoms with Crippen LogP contribution in [0.25, 0.3) is 0 Å². The third-order valence-electron chi connectivity index (χ3n) is 5.82. The maximum Gasteiger partial charge on any atom is 0.0861 e. The molecular weight excluding hydrogens is 583 g/mol. The lowest BCUT2D eigenvalue weighted by atomic mass is 10.1. The summed E-state index contributed by atoms with van der Waals surface area (Å²) in [4.78, 5) is 4.76. The van der Waals surface area contributed by atoms with Crippen molar-refractivity contribution >= 4 is 5.71 Å². The molecular formula is C45H75N3. The Balaban J connectivity index is -0.000000301. The number of rotatable bonds is 14. The average molecular weight is 658 g/mol. The summed E-state index contributed by atoms with van der Waals surface area (Å²) in [7, 11) is 0. The standard InChI is InChI=1S/C28H39N3.C7H10.C4H8.3C2H6/c1-11-20(4)17-29-26(10)28(31-24(8)14-19(2)3)16-23(7)25(9)30-18-27-13-12-21(5)22(6)15-27;1-4-7(5-2)6-3;1-4(2)3;3*1-2/h12-16,29-30H,2,4,9-11,17-18H2,1,3,5-8H3;4-6H,1-2H2,3H3;1H2,2-3H3;3*1-2H3/b23-16+,24-14+,31-28+;;;;;. The molecule has 0 aliphatic rings. The van der Waals surface area contributed by atoms with Gasteiger partial charge in [0.25, 0.3) is 0 Å². The molecule has 2 N–H and O–H groups in total. The van der Waals surface area contributed by atoms with Crippen LogP contribution in [0.5, 0.6) is 0 Å². The van der Waals surface area contributed by atoms with Crippen LogP contribution in [0.1, 0.15) is 113 Å². The number of nitrogens with one attached hydrogen (secondary N) is 2. The van der Waals surface area contributed by atoms with Crippen LogP contribution in [0, 0.1) is 13.8 Å². The van der Waals surface area contributed by atoms with Crippen molar-refractivity contribution in [3.63, 3.8) is 0 Å². The van der Waals surface area contributed by atoms with Crippen molar-refractivity contribution in [2.75, 3.05) is 6.54 Å². The van der Waals surface area contributed by atoms with Crippen molar-refractivity contribution in [1.29, 1.82) is 0 Å². The van der Waals surface area contributed by atoms with E-state index in [1.807, 2.05) is 101 Å². The van der Waals surface area contributed by atoms with Gasteiger partial charge in [0.1, 0.15) is 0 Å². The lowest BCUT2D eigenvalue weighted by Gasteiger charge is -2.14. The van der Waals surface area contributed by atoms with Crippen LogP contribution >= 0.6 is 0 Å². The van der Waals surface area contributed by atoms with Crippen molar-refractivity contribution in [1.82, 2.24) is 10.6 Å². The highest BCUT2D eigenvalue weighted by Gasteiger charge is 2.06. The molecule has 270 valence electrons. The number of aliphatic imine (C=N–C) groups is 1. The van der Waals surface area contributed by atoms with Crippen LogP contribution in [-0.2, 0) is 6.54 Å². The Bertz CT molecular complexity index is 1230. The molecule has 0 bridgehead atoms. The number of hydrogen-bond donors (Lipinski definition) is 2. The van der Waals surface area contributed by atoms with Crippen LogP contribution in [0.4, 0.5) is 0 Å². The number of allylic oxidation sites excluding steroid dienone is 10. The predicted octanol–water partition coefficient (Wildman–Crippen LogP) is 13.8. The second-order valence-electron chi connectivity index (χ2n) is 10.5. The summed E-state index contributed by atoms with van der Waals surface area (Å²) in [5.74, 6) is 0. The first-order valence-corrected chi connectivity index (χ1v) is 17.3. The minimum atomic E-state index is 0.677. The molecule has 0 aliphatic carbocycles. The van der Waals surface area contributed by atoms with Crippen molar-refractivity contribution in [2.24, 2.45) is 4.99 Å². The van der Waals surface area contributed by atoms with Crippen molar-refractivity contribution < 1.29 is 0 Å². The lowest BCUT2D eigenvalue weighted by Crippen LogP contribution is -2.21. The zero-order valence-corrected chi connectivity index (χ0v) is 34.1. The molecule has 1 aromatic carbocycles. The van der Waals surface area contributed by atoms with E-state index < -0.39 is 0 Å². The van der Waals surface area contributed by atoms with Gasteiger partial charge in [-0.3, -0.25) is 4.99 Å². The summed E-state index contributed by atoms with van der Waals surface area (Å²) in [6.07, 6.45) is 10.4. The van der Waals surface area contributed by atoms with Crippen molar-refractivity contribution in [2.45, 2.75) is 117 Å². The Morgan fingerprint density at radius 2 is 1.25 bits per heavy atom. The van der Waals surface area contributed by atoms with Gasteiger partial charge in [-0.15, -0.1) is 6.58 Å². The Morgan fingerprint density at radius 3 is 1.62 bits per heavy atom. The zero-order chi connectivity index (χ0) is 38.8. The van der Waals surface area contributed by atoms with Crippen LogP contribution in [-0.4, -0.2) is 12.3 Å². The quantitative estimate of drug-likeness (QED) is 0.119. The fourth-order valence-corrected chi connectivity index (χ4v) is 3.09. The number of nitrogens with zero attached hydrogens (tertiary/aromatic N) is 1. The summed E-state index contributed by atoms with van der Waals surface area (Å²) < 4.78 is 0. The molecule has 0 spiro atoms. The van der Waals surface area contributed by atoms with Gasteiger partial charge >= 0.3 is 0 Å². The van der Waals surface area contributed by atoms with Gasteiger partial charge in [-0.25, -0.2) is 0 Å². The third-order valence-corrected chi connectivity index (χ3v) is 5.82. The second kappa shape index (κ2) is 35.7. The Labute approximate surface area is 300 Å². The molecule has 0 heterocycles. The predicted molar refractivity (Wildman–Crippen MR) is 227 cm³/mol. The van der Waals surface area contributed by atoms with E-state index in [9.17, 15) is 0 Å². The zero-order valence-electron chi connectivity index (χ0n) is 34.1. The minimum absolute atomic E-state index is 0.677. The third kappa shape index (κ3) is 31.9. The number of benzene rings is 1. The summed E-state index contributed by atoms with van der Waals surface area (Å²) >= 11 is 0. The highest BCUT2D eigenvalue weighted by atomic mass is 14.9. The summed E-state index contributed by atoms with van der Waals surface area (Å²) in [6, 6.07) is 6.51. The molecule has 0 amide bonds. The van der Waals surface area contributed by atoms with Crippen molar-refractivity contribution in [3.05, 3.63) is 156 Å². The smallest absolute Gasteiger partial charge is 0.0861 e. The lowest BCUT2D eigenvalue weighted by molar-refractivity contribution is 0.821. The fraction of sp³-hybridized carbons (Fsp3) is 0.400. The van der Waals surface area contributed by atoms with E-state index >= 15 is 0 Å². The van der Waals surface area contributed by atoms with Gasteiger partial charge in [0.15, 0.2) is 0 Å². The Kier molecular flexibility index (Phi) is 39.7. The molecule has 3 heteroatoms. The van der Waals surface area contributed by atoms with Crippen LogP contribution in [0.15, 0.2) is 145 Å². The van der Waals surface area contributed by atoms with Gasteiger partial charge in [-0.2, -0.15) is 0 Å². The molecule has 0 saturated carbocycles. The molecule has 0 aromatic heterocycles. The van der Waals surface area contributed by atoms with Gasteiger partial charge in [-0.05, 0) is 102 Å². The van der Waals surface area contributed by atoms with E-state index in [0.717, 1.165) is 58.1 Å². The largest absolute Gasteiger partial charge is 0.381 e. The monoisotopic (exact) mass is 658 g/mol. The summed E-state index contributed by atoms with van der Waals surface area (Å²) in [5, 5.41) is 6.76. The van der Waals surface area contributed by atoms with E-state index in [1.54, 1.807) is 12.2 Å². The van der Waals surface area contributed by atoms with Crippen LogP contribution in [0.3, 0.4) is 0 Å². The molecule has 1 rings (SSSR count). The molecule has 48 heavy (non-hydrogen) atoms. The van der Waals surface area contributed by atoms with Crippen LogP contribution < -0.4 is 10.6 Å². The highest BCUT2D eigenvalue weighted by Crippen LogP contribution is 2.13. The molecule has 0 fully saturated rings. The molecule has 1 aromatic rings. The summed E-state index contributed by atoms with van der Waals surface area (Å²) in [5.41, 5.74) is 12.4. The van der Waals surface area contributed by atoms with Gasteiger partial charge in [0.2, 0.25) is 0 Å². The Hall–Kier alpha value is -4.11. The first kappa shape index (κ1) is 53.4.